The van der Waals surface area contributed by atoms with Crippen LogP contribution in [0.2, 0.25) is 0 Å². The van der Waals surface area contributed by atoms with E-state index in [0.717, 1.165) is 11.3 Å². The van der Waals surface area contributed by atoms with Crippen molar-refractivity contribution in [3.8, 4) is 0 Å². The third kappa shape index (κ3) is 1.45. The van der Waals surface area contributed by atoms with Crippen LogP contribution in [0.4, 0.5) is 0 Å². The molecule has 0 amide bonds. The molecule has 1 unspecified atom stereocenters. The molecular weight excluding hydrogens is 200 g/mol. The van der Waals surface area contributed by atoms with E-state index in [1.807, 2.05) is 35.7 Å². The van der Waals surface area contributed by atoms with Gasteiger partial charge < -0.3 is 11.5 Å². The Bertz CT molecular complexity index is 337. The molecule has 0 saturated carbocycles. The lowest BCUT2D eigenvalue weighted by Gasteiger charge is -2.23. The van der Waals surface area contributed by atoms with Crippen molar-refractivity contribution < 1.29 is 0 Å². The van der Waals surface area contributed by atoms with Gasteiger partial charge in [0.1, 0.15) is 4.87 Å². The Morgan fingerprint density at radius 2 is 1.85 bits per heavy atom. The maximum atomic E-state index is 6.17. The fraction of sp³-hybridized carbons (Fsp3) is 0.111. The summed E-state index contributed by atoms with van der Waals surface area (Å²) in [6, 6.07) is 9.92. The first-order valence-electron chi connectivity index (χ1n) is 3.88. The molecule has 1 aromatic rings. The molecule has 1 aromatic carbocycles. The maximum absolute atomic E-state index is 6.17. The van der Waals surface area contributed by atoms with E-state index in [-0.39, 0.29) is 0 Å². The summed E-state index contributed by atoms with van der Waals surface area (Å²) in [7, 11) is 3.17. The summed E-state index contributed by atoms with van der Waals surface area (Å²) < 4.78 is 0. The second kappa shape index (κ2) is 3.29. The molecule has 0 aliphatic carbocycles. The van der Waals surface area contributed by atoms with Crippen LogP contribution in [0.15, 0.2) is 41.4 Å². The molecule has 4 heteroatoms. The molecule has 2 rings (SSSR count). The third-order valence-corrected chi connectivity index (χ3v) is 4.53. The fourth-order valence-corrected chi connectivity index (χ4v) is 3.63. The first-order valence-corrected chi connectivity index (χ1v) is 6.10. The second-order valence-corrected chi connectivity index (χ2v) is 5.17. The Balaban J connectivity index is 2.41. The molecule has 0 bridgehead atoms. The number of nitrogens with two attached hydrogens (primary N) is 2. The summed E-state index contributed by atoms with van der Waals surface area (Å²) in [4.78, 5) is -0.536. The molecule has 1 atom stereocenters. The monoisotopic (exact) mass is 210 g/mol. The molecule has 1 heterocycles. The molecule has 0 radical (unpaired) electrons. The van der Waals surface area contributed by atoms with Crippen molar-refractivity contribution in [3.63, 3.8) is 0 Å². The summed E-state index contributed by atoms with van der Waals surface area (Å²) in [5, 5.41) is 1.90. The van der Waals surface area contributed by atoms with Crippen LogP contribution in [0.3, 0.4) is 0 Å². The van der Waals surface area contributed by atoms with Crippen molar-refractivity contribution in [2.24, 2.45) is 11.5 Å². The number of rotatable bonds is 1. The molecule has 68 valence electrons. The van der Waals surface area contributed by atoms with Gasteiger partial charge in [-0.2, -0.15) is 0 Å². The van der Waals surface area contributed by atoms with Crippen molar-refractivity contribution in [1.82, 2.24) is 0 Å². The molecular formula is C9H10N2S2. The highest BCUT2D eigenvalue weighted by Gasteiger charge is 2.35. The zero-order valence-corrected chi connectivity index (χ0v) is 8.57. The van der Waals surface area contributed by atoms with Crippen molar-refractivity contribution in [2.75, 3.05) is 0 Å². The predicted octanol–water partition coefficient (Wildman–Crippen LogP) is 1.99. The highest BCUT2D eigenvalue weighted by atomic mass is 33.1. The van der Waals surface area contributed by atoms with Crippen LogP contribution in [-0.4, -0.2) is 0 Å². The average Bonchev–Trinajstić information content (AvgIpc) is 2.50. The van der Waals surface area contributed by atoms with E-state index in [1.54, 1.807) is 21.6 Å². The smallest absolute Gasteiger partial charge is 0.139 e. The lowest BCUT2D eigenvalue weighted by Crippen LogP contribution is -2.36. The average molecular weight is 210 g/mol. The first kappa shape index (κ1) is 8.99. The van der Waals surface area contributed by atoms with Crippen LogP contribution >= 0.6 is 21.6 Å². The Morgan fingerprint density at radius 1 is 1.15 bits per heavy atom. The van der Waals surface area contributed by atoms with Crippen LogP contribution in [0.5, 0.6) is 0 Å². The van der Waals surface area contributed by atoms with Gasteiger partial charge in [-0.15, -0.1) is 0 Å². The Hall–Kier alpha value is -0.580. The normalized spacial score (nSPS) is 27.3. The Labute approximate surface area is 85.2 Å². The SMILES string of the molecule is NC1=CSSC1(N)c1ccccc1. The lowest BCUT2D eigenvalue weighted by atomic mass is 10.1. The molecule has 13 heavy (non-hydrogen) atoms. The van der Waals surface area contributed by atoms with Gasteiger partial charge in [-0.1, -0.05) is 51.9 Å². The topological polar surface area (TPSA) is 52.0 Å². The van der Waals surface area contributed by atoms with Gasteiger partial charge in [0.25, 0.3) is 0 Å². The zero-order valence-electron chi connectivity index (χ0n) is 6.94. The molecule has 0 fully saturated rings. The summed E-state index contributed by atoms with van der Waals surface area (Å²) in [5.74, 6) is 0. The Morgan fingerprint density at radius 3 is 2.38 bits per heavy atom. The van der Waals surface area contributed by atoms with E-state index in [2.05, 4.69) is 0 Å². The molecule has 0 aromatic heterocycles. The minimum absolute atomic E-state index is 0.536. The number of benzene rings is 1. The highest BCUT2D eigenvalue weighted by molar-refractivity contribution is 8.78. The van der Waals surface area contributed by atoms with E-state index in [9.17, 15) is 0 Å². The van der Waals surface area contributed by atoms with Crippen molar-refractivity contribution >= 4 is 21.6 Å². The first-order chi connectivity index (χ1) is 6.23. The highest BCUT2D eigenvalue weighted by Crippen LogP contribution is 2.49. The van der Waals surface area contributed by atoms with Crippen LogP contribution in [0.25, 0.3) is 0 Å². The summed E-state index contributed by atoms with van der Waals surface area (Å²) >= 11 is 0. The molecule has 0 spiro atoms. The quantitative estimate of drug-likeness (QED) is 0.696. The molecule has 0 saturated heterocycles. The van der Waals surface area contributed by atoms with Crippen LogP contribution in [0.1, 0.15) is 5.56 Å². The van der Waals surface area contributed by atoms with Gasteiger partial charge in [0.05, 0.1) is 5.70 Å². The predicted molar refractivity (Wildman–Crippen MR) is 59.8 cm³/mol. The van der Waals surface area contributed by atoms with Crippen molar-refractivity contribution in [3.05, 3.63) is 47.0 Å². The van der Waals surface area contributed by atoms with Crippen molar-refractivity contribution in [2.45, 2.75) is 4.87 Å². The van der Waals surface area contributed by atoms with E-state index >= 15 is 0 Å². The summed E-state index contributed by atoms with van der Waals surface area (Å²) in [6.07, 6.45) is 0. The lowest BCUT2D eigenvalue weighted by molar-refractivity contribution is 0.769. The van der Waals surface area contributed by atoms with Gasteiger partial charge in [0.15, 0.2) is 0 Å². The third-order valence-electron chi connectivity index (χ3n) is 1.99. The molecule has 1 aliphatic heterocycles. The minimum atomic E-state index is -0.536. The fourth-order valence-electron chi connectivity index (χ4n) is 1.19. The Kier molecular flexibility index (Phi) is 2.27. The van der Waals surface area contributed by atoms with Crippen LogP contribution in [0, 0.1) is 0 Å². The largest absolute Gasteiger partial charge is 0.399 e. The standard InChI is InChI=1S/C9H10N2S2/c10-8-6-12-13-9(8,11)7-4-2-1-3-5-7/h1-6H,10-11H2. The second-order valence-electron chi connectivity index (χ2n) is 2.85. The van der Waals surface area contributed by atoms with E-state index in [4.69, 9.17) is 11.5 Å². The molecule has 2 nitrogen and oxygen atoms in total. The molecule has 4 N–H and O–H groups in total. The summed E-state index contributed by atoms with van der Waals surface area (Å²) in [5.41, 5.74) is 13.8. The van der Waals surface area contributed by atoms with Gasteiger partial charge in [-0.25, -0.2) is 0 Å². The van der Waals surface area contributed by atoms with Gasteiger partial charge >= 0.3 is 0 Å². The van der Waals surface area contributed by atoms with Gasteiger partial charge in [0.2, 0.25) is 0 Å². The zero-order chi connectivity index (χ0) is 9.31. The van der Waals surface area contributed by atoms with Crippen LogP contribution in [-0.2, 0) is 4.87 Å². The van der Waals surface area contributed by atoms with E-state index < -0.39 is 4.87 Å². The van der Waals surface area contributed by atoms with Crippen LogP contribution < -0.4 is 11.5 Å². The van der Waals surface area contributed by atoms with E-state index in [1.165, 1.54) is 0 Å². The maximum Gasteiger partial charge on any atom is 0.139 e. The van der Waals surface area contributed by atoms with Gasteiger partial charge in [-0.3, -0.25) is 0 Å². The summed E-state index contributed by atoms with van der Waals surface area (Å²) in [6.45, 7) is 0. The van der Waals surface area contributed by atoms with Gasteiger partial charge in [0, 0.05) is 5.41 Å². The number of hydrogen-bond donors (Lipinski definition) is 2. The van der Waals surface area contributed by atoms with Gasteiger partial charge in [-0.05, 0) is 5.56 Å². The number of hydrogen-bond acceptors (Lipinski definition) is 4. The molecule has 1 aliphatic rings. The minimum Gasteiger partial charge on any atom is -0.399 e. The van der Waals surface area contributed by atoms with E-state index in [0.29, 0.717) is 0 Å². The van der Waals surface area contributed by atoms with Crippen molar-refractivity contribution in [1.29, 1.82) is 0 Å².